The molecule has 2 rings (SSSR count). The predicted octanol–water partition coefficient (Wildman–Crippen LogP) is 3.34. The fraction of sp³-hybridized carbons (Fsp3) is 0.368. The van der Waals surface area contributed by atoms with E-state index in [4.69, 9.17) is 24.7 Å². The van der Waals surface area contributed by atoms with E-state index >= 15 is 0 Å². The molecular formula is C19H21IN2O5. The molecule has 27 heavy (non-hydrogen) atoms. The summed E-state index contributed by atoms with van der Waals surface area (Å²) in [5.74, 6) is 0.102. The second kappa shape index (κ2) is 8.99. The van der Waals surface area contributed by atoms with Crippen molar-refractivity contribution in [3.63, 3.8) is 0 Å². The predicted molar refractivity (Wildman–Crippen MR) is 107 cm³/mol. The van der Waals surface area contributed by atoms with Gasteiger partial charge in [-0.15, -0.1) is 0 Å². The Morgan fingerprint density at radius 2 is 2.07 bits per heavy atom. The zero-order valence-electron chi connectivity index (χ0n) is 15.6. The van der Waals surface area contributed by atoms with E-state index < -0.39 is 11.9 Å². The van der Waals surface area contributed by atoms with E-state index in [9.17, 15) is 10.1 Å². The molecule has 1 aliphatic heterocycles. The number of allylic oxidation sites excluding steroid dienone is 2. The SMILES string of the molecule is CCOC(=O)C1=C(C)OC(N)=C(C#N)C1c1cc(I)c(OCC)c(OC)c1. The Balaban J connectivity index is 2.70. The molecule has 0 saturated heterocycles. The Bertz CT molecular complexity index is 854. The van der Waals surface area contributed by atoms with E-state index in [2.05, 4.69) is 28.7 Å². The van der Waals surface area contributed by atoms with E-state index in [0.717, 1.165) is 3.57 Å². The molecule has 0 fully saturated rings. The van der Waals surface area contributed by atoms with Crippen molar-refractivity contribution in [2.45, 2.75) is 26.7 Å². The van der Waals surface area contributed by atoms with Crippen LogP contribution in [0, 0.1) is 14.9 Å². The number of carbonyl (C=O) groups excluding carboxylic acids is 1. The number of carbonyl (C=O) groups is 1. The van der Waals surface area contributed by atoms with Gasteiger partial charge in [0.05, 0.1) is 35.4 Å². The second-order valence-corrected chi connectivity index (χ2v) is 6.74. The number of esters is 1. The van der Waals surface area contributed by atoms with Crippen LogP contribution in [0.1, 0.15) is 32.3 Å². The van der Waals surface area contributed by atoms with Crippen LogP contribution in [0.3, 0.4) is 0 Å². The van der Waals surface area contributed by atoms with Gasteiger partial charge >= 0.3 is 5.97 Å². The smallest absolute Gasteiger partial charge is 0.338 e. The number of benzene rings is 1. The number of ether oxygens (including phenoxy) is 4. The molecule has 0 bridgehead atoms. The van der Waals surface area contributed by atoms with Crippen molar-refractivity contribution in [2.24, 2.45) is 5.73 Å². The van der Waals surface area contributed by atoms with Gasteiger partial charge in [0.2, 0.25) is 5.88 Å². The van der Waals surface area contributed by atoms with Gasteiger partial charge in [0.1, 0.15) is 17.4 Å². The first-order valence-corrected chi connectivity index (χ1v) is 9.43. The lowest BCUT2D eigenvalue weighted by molar-refractivity contribution is -0.139. The quantitative estimate of drug-likeness (QED) is 0.488. The van der Waals surface area contributed by atoms with E-state index in [-0.39, 0.29) is 23.6 Å². The molecule has 1 atom stereocenters. The zero-order valence-corrected chi connectivity index (χ0v) is 17.7. The Morgan fingerprint density at radius 3 is 2.63 bits per heavy atom. The molecule has 0 amide bonds. The van der Waals surface area contributed by atoms with Crippen LogP contribution in [0.2, 0.25) is 0 Å². The Kier molecular flexibility index (Phi) is 6.96. The third-order valence-corrected chi connectivity index (χ3v) is 4.78. The van der Waals surface area contributed by atoms with E-state index in [1.165, 1.54) is 7.11 Å². The summed E-state index contributed by atoms with van der Waals surface area (Å²) in [6, 6.07) is 5.63. The number of hydrogen-bond donors (Lipinski definition) is 1. The zero-order chi connectivity index (χ0) is 20.1. The molecule has 7 nitrogen and oxygen atoms in total. The number of nitrogens with two attached hydrogens (primary N) is 1. The average Bonchev–Trinajstić information content (AvgIpc) is 2.62. The lowest BCUT2D eigenvalue weighted by atomic mass is 9.83. The van der Waals surface area contributed by atoms with Gasteiger partial charge in [-0.05, 0) is 61.1 Å². The molecule has 0 aliphatic carbocycles. The summed E-state index contributed by atoms with van der Waals surface area (Å²) in [6.07, 6.45) is 0. The van der Waals surface area contributed by atoms with Gasteiger partial charge in [-0.25, -0.2) is 4.79 Å². The van der Waals surface area contributed by atoms with Gasteiger partial charge in [0, 0.05) is 0 Å². The average molecular weight is 484 g/mol. The molecule has 1 aromatic rings. The third-order valence-electron chi connectivity index (χ3n) is 3.97. The maximum atomic E-state index is 12.6. The summed E-state index contributed by atoms with van der Waals surface area (Å²) in [5, 5.41) is 9.64. The van der Waals surface area contributed by atoms with Crippen LogP contribution in [-0.2, 0) is 14.3 Å². The van der Waals surface area contributed by atoms with Crippen molar-refractivity contribution < 1.29 is 23.7 Å². The van der Waals surface area contributed by atoms with E-state index in [1.54, 1.807) is 19.9 Å². The van der Waals surface area contributed by atoms with Gasteiger partial charge in [0.25, 0.3) is 0 Å². The molecule has 1 aliphatic rings. The van der Waals surface area contributed by atoms with E-state index in [0.29, 0.717) is 29.4 Å². The van der Waals surface area contributed by atoms with Crippen molar-refractivity contribution in [3.8, 4) is 17.6 Å². The van der Waals surface area contributed by atoms with Crippen molar-refractivity contribution >= 4 is 28.6 Å². The highest BCUT2D eigenvalue weighted by molar-refractivity contribution is 14.1. The van der Waals surface area contributed by atoms with Gasteiger partial charge in [-0.3, -0.25) is 0 Å². The maximum absolute atomic E-state index is 12.6. The number of hydrogen-bond acceptors (Lipinski definition) is 7. The minimum absolute atomic E-state index is 0.0316. The highest BCUT2D eigenvalue weighted by atomic mass is 127. The summed E-state index contributed by atoms with van der Waals surface area (Å²) in [5.41, 5.74) is 6.96. The minimum atomic E-state index is -0.721. The highest BCUT2D eigenvalue weighted by Gasteiger charge is 2.37. The number of rotatable bonds is 6. The first-order valence-electron chi connectivity index (χ1n) is 8.35. The van der Waals surface area contributed by atoms with Crippen molar-refractivity contribution in [3.05, 3.63) is 44.1 Å². The van der Waals surface area contributed by atoms with Crippen LogP contribution < -0.4 is 15.2 Å². The van der Waals surface area contributed by atoms with Gasteiger partial charge in [0.15, 0.2) is 11.5 Å². The van der Waals surface area contributed by atoms with Crippen molar-refractivity contribution in [1.82, 2.24) is 0 Å². The van der Waals surface area contributed by atoms with Crippen LogP contribution in [0.4, 0.5) is 0 Å². The molecule has 1 aromatic carbocycles. The summed E-state index contributed by atoms with van der Waals surface area (Å²) in [7, 11) is 1.53. The van der Waals surface area contributed by atoms with Crippen LogP contribution in [-0.4, -0.2) is 26.3 Å². The fourth-order valence-electron chi connectivity index (χ4n) is 2.88. The Hall–Kier alpha value is -2.41. The molecule has 2 N–H and O–H groups in total. The largest absolute Gasteiger partial charge is 0.493 e. The molecule has 1 unspecified atom stereocenters. The first kappa shape index (κ1) is 20.9. The van der Waals surface area contributed by atoms with Gasteiger partial charge < -0.3 is 24.7 Å². The third kappa shape index (κ3) is 4.13. The summed E-state index contributed by atoms with van der Waals surface area (Å²) >= 11 is 2.13. The molecule has 0 saturated carbocycles. The standard InChI is InChI=1S/C19H21IN2O5/c1-5-25-17-13(20)7-11(8-14(17)24-4)16-12(9-21)18(22)27-10(3)15(16)19(23)26-6-2/h7-8,16H,5-6,22H2,1-4H3. The van der Waals surface area contributed by atoms with Crippen LogP contribution in [0.5, 0.6) is 11.5 Å². The molecular weight excluding hydrogens is 463 g/mol. The highest BCUT2D eigenvalue weighted by Crippen LogP contribution is 2.43. The summed E-state index contributed by atoms with van der Waals surface area (Å²) < 4.78 is 22.5. The lowest BCUT2D eigenvalue weighted by Gasteiger charge is -2.27. The summed E-state index contributed by atoms with van der Waals surface area (Å²) in [4.78, 5) is 12.6. The number of methoxy groups -OCH3 is 1. The second-order valence-electron chi connectivity index (χ2n) is 5.58. The lowest BCUT2D eigenvalue weighted by Crippen LogP contribution is -2.25. The minimum Gasteiger partial charge on any atom is -0.493 e. The molecule has 144 valence electrons. The number of nitrogens with zero attached hydrogens (tertiary/aromatic N) is 1. The summed E-state index contributed by atoms with van der Waals surface area (Å²) in [6.45, 7) is 5.89. The molecule has 0 radical (unpaired) electrons. The van der Waals surface area contributed by atoms with Crippen molar-refractivity contribution in [2.75, 3.05) is 20.3 Å². The van der Waals surface area contributed by atoms with E-state index in [1.807, 2.05) is 13.0 Å². The molecule has 1 heterocycles. The first-order chi connectivity index (χ1) is 12.9. The Labute approximate surface area is 171 Å². The number of halogens is 1. The molecule has 0 spiro atoms. The van der Waals surface area contributed by atoms with Crippen LogP contribution in [0.15, 0.2) is 34.9 Å². The van der Waals surface area contributed by atoms with Crippen molar-refractivity contribution in [1.29, 1.82) is 5.26 Å². The van der Waals surface area contributed by atoms with Crippen LogP contribution in [0.25, 0.3) is 0 Å². The normalized spacial score (nSPS) is 16.5. The monoisotopic (exact) mass is 484 g/mol. The Morgan fingerprint density at radius 1 is 1.37 bits per heavy atom. The molecule has 8 heteroatoms. The van der Waals surface area contributed by atoms with Gasteiger partial charge in [-0.2, -0.15) is 5.26 Å². The maximum Gasteiger partial charge on any atom is 0.338 e. The fourth-order valence-corrected chi connectivity index (χ4v) is 3.66. The molecule has 0 aromatic heterocycles. The topological polar surface area (TPSA) is 104 Å². The number of nitriles is 1. The van der Waals surface area contributed by atoms with Crippen LogP contribution >= 0.6 is 22.6 Å². The van der Waals surface area contributed by atoms with Gasteiger partial charge in [-0.1, -0.05) is 0 Å².